The number of aliphatic hydroxyl groups excluding tert-OH is 2. The molecule has 0 saturated carbocycles. The van der Waals surface area contributed by atoms with Gasteiger partial charge in [0.05, 0.1) is 12.2 Å². The average Bonchev–Trinajstić information content (AvgIpc) is 2.28. The van der Waals surface area contributed by atoms with E-state index < -0.39 is 5.60 Å². The van der Waals surface area contributed by atoms with Gasteiger partial charge in [0.2, 0.25) is 0 Å². The minimum Gasteiger partial charge on any atom is -0.396 e. The van der Waals surface area contributed by atoms with Crippen molar-refractivity contribution in [2.24, 2.45) is 5.92 Å². The predicted octanol–water partition coefficient (Wildman–Crippen LogP) is 1.79. The summed E-state index contributed by atoms with van der Waals surface area (Å²) in [6.45, 7) is 3.99. The molecule has 1 unspecified atom stereocenters. The van der Waals surface area contributed by atoms with E-state index in [1.165, 1.54) is 0 Å². The summed E-state index contributed by atoms with van der Waals surface area (Å²) in [5.41, 5.74) is 0.545. The highest BCUT2D eigenvalue weighted by molar-refractivity contribution is 5.28. The number of benzene rings is 1. The largest absolute Gasteiger partial charge is 0.396 e. The molecule has 1 atom stereocenters. The van der Waals surface area contributed by atoms with Gasteiger partial charge in [0.1, 0.15) is 0 Å². The summed E-state index contributed by atoms with van der Waals surface area (Å²) in [6.07, 6.45) is 0.919. The van der Waals surface area contributed by atoms with Crippen molar-refractivity contribution >= 4 is 0 Å². The fourth-order valence-electron chi connectivity index (χ4n) is 2.18. The molecule has 0 bridgehead atoms. The van der Waals surface area contributed by atoms with Crippen LogP contribution >= 0.6 is 0 Å². The summed E-state index contributed by atoms with van der Waals surface area (Å²) in [4.78, 5) is 0. The molecule has 3 N–H and O–H groups in total. The highest BCUT2D eigenvalue weighted by Crippen LogP contribution is 2.32. The minimum atomic E-state index is -1.01. The topological polar surface area (TPSA) is 60.7 Å². The van der Waals surface area contributed by atoms with Crippen LogP contribution in [0, 0.1) is 5.92 Å². The van der Waals surface area contributed by atoms with Gasteiger partial charge < -0.3 is 15.3 Å². The number of aliphatic hydroxyl groups is 3. The first-order chi connectivity index (χ1) is 8.01. The molecule has 1 aromatic carbocycles. The van der Waals surface area contributed by atoms with Gasteiger partial charge in [-0.05, 0) is 23.5 Å². The molecular formula is C14H22O3. The Morgan fingerprint density at radius 2 is 1.94 bits per heavy atom. The lowest BCUT2D eigenvalue weighted by molar-refractivity contribution is -0.00730. The van der Waals surface area contributed by atoms with Crippen LogP contribution in [0.4, 0.5) is 0 Å². The molecule has 3 heteroatoms. The van der Waals surface area contributed by atoms with Crippen molar-refractivity contribution in [3.63, 3.8) is 0 Å². The van der Waals surface area contributed by atoms with Crippen LogP contribution in [0.3, 0.4) is 0 Å². The molecule has 17 heavy (non-hydrogen) atoms. The zero-order chi connectivity index (χ0) is 12.9. The van der Waals surface area contributed by atoms with E-state index in [9.17, 15) is 5.11 Å². The molecule has 0 fully saturated rings. The van der Waals surface area contributed by atoms with Crippen LogP contribution in [-0.4, -0.2) is 21.9 Å². The first kappa shape index (κ1) is 14.2. The Morgan fingerprint density at radius 1 is 1.24 bits per heavy atom. The quantitative estimate of drug-likeness (QED) is 0.708. The monoisotopic (exact) mass is 238 g/mol. The lowest BCUT2D eigenvalue weighted by Crippen LogP contribution is -2.29. The van der Waals surface area contributed by atoms with E-state index in [2.05, 4.69) is 0 Å². The molecule has 0 amide bonds. The minimum absolute atomic E-state index is 0.0370. The van der Waals surface area contributed by atoms with Crippen LogP contribution in [0.15, 0.2) is 24.3 Å². The van der Waals surface area contributed by atoms with Crippen molar-refractivity contribution in [2.75, 3.05) is 6.61 Å². The van der Waals surface area contributed by atoms with Crippen LogP contribution in [0.1, 0.15) is 37.8 Å². The normalized spacial score (nSPS) is 14.9. The van der Waals surface area contributed by atoms with E-state index in [4.69, 9.17) is 10.2 Å². The van der Waals surface area contributed by atoms with E-state index in [-0.39, 0.29) is 13.2 Å². The van der Waals surface area contributed by atoms with Gasteiger partial charge in [-0.2, -0.15) is 0 Å². The van der Waals surface area contributed by atoms with Crippen molar-refractivity contribution in [3.8, 4) is 0 Å². The number of rotatable bonds is 6. The molecule has 0 aliphatic carbocycles. The summed E-state index contributed by atoms with van der Waals surface area (Å²) in [6, 6.07) is 7.29. The Labute approximate surface area is 103 Å². The fourth-order valence-corrected chi connectivity index (χ4v) is 2.18. The second kappa shape index (κ2) is 6.15. The van der Waals surface area contributed by atoms with Crippen LogP contribution in [-0.2, 0) is 12.2 Å². The highest BCUT2D eigenvalue weighted by Gasteiger charge is 2.29. The second-order valence-electron chi connectivity index (χ2n) is 4.96. The van der Waals surface area contributed by atoms with Crippen molar-refractivity contribution in [3.05, 3.63) is 35.4 Å². The molecule has 1 rings (SSSR count). The molecule has 0 spiro atoms. The summed E-state index contributed by atoms with van der Waals surface area (Å²) < 4.78 is 0. The molecule has 96 valence electrons. The molecule has 0 heterocycles. The first-order valence-corrected chi connectivity index (χ1v) is 6.05. The molecule has 0 radical (unpaired) electrons. The van der Waals surface area contributed by atoms with Crippen LogP contribution in [0.25, 0.3) is 0 Å². The van der Waals surface area contributed by atoms with Gasteiger partial charge in [0.15, 0.2) is 0 Å². The average molecular weight is 238 g/mol. The Balaban J connectivity index is 3.03. The van der Waals surface area contributed by atoms with E-state index in [1.54, 1.807) is 6.07 Å². The smallest absolute Gasteiger partial charge is 0.0920 e. The molecule has 0 aliphatic rings. The highest BCUT2D eigenvalue weighted by atomic mass is 16.3. The predicted molar refractivity (Wildman–Crippen MR) is 67.4 cm³/mol. The van der Waals surface area contributed by atoms with Gasteiger partial charge in [-0.3, -0.25) is 0 Å². The molecular weight excluding hydrogens is 216 g/mol. The van der Waals surface area contributed by atoms with Gasteiger partial charge in [0, 0.05) is 13.0 Å². The summed E-state index contributed by atoms with van der Waals surface area (Å²) in [5, 5.41) is 28.8. The SMILES string of the molecule is CC(C)CC(O)(CCO)c1cccc(CO)c1. The molecule has 0 saturated heterocycles. The molecule has 3 nitrogen and oxygen atoms in total. The van der Waals surface area contributed by atoms with Crippen molar-refractivity contribution < 1.29 is 15.3 Å². The number of hydrogen-bond acceptors (Lipinski definition) is 3. The zero-order valence-corrected chi connectivity index (χ0v) is 10.6. The maximum atomic E-state index is 10.6. The lowest BCUT2D eigenvalue weighted by Gasteiger charge is -2.30. The van der Waals surface area contributed by atoms with Gasteiger partial charge in [-0.1, -0.05) is 38.1 Å². The Bertz CT molecular complexity index is 349. The van der Waals surface area contributed by atoms with Gasteiger partial charge in [0.25, 0.3) is 0 Å². The molecule has 0 aliphatic heterocycles. The van der Waals surface area contributed by atoms with Crippen molar-refractivity contribution in [1.29, 1.82) is 0 Å². The Kier molecular flexibility index (Phi) is 5.12. The van der Waals surface area contributed by atoms with Crippen LogP contribution in [0.2, 0.25) is 0 Å². The second-order valence-corrected chi connectivity index (χ2v) is 4.96. The van der Waals surface area contributed by atoms with E-state index >= 15 is 0 Å². The van der Waals surface area contributed by atoms with E-state index in [0.29, 0.717) is 18.8 Å². The Hall–Kier alpha value is -0.900. The lowest BCUT2D eigenvalue weighted by atomic mass is 9.83. The standard InChI is InChI=1S/C14H22O3/c1-11(2)9-14(17,6-7-15)13-5-3-4-12(8-13)10-16/h3-5,8,11,15-17H,6-7,9-10H2,1-2H3. The summed E-state index contributed by atoms with van der Waals surface area (Å²) >= 11 is 0. The fraction of sp³-hybridized carbons (Fsp3) is 0.571. The Morgan fingerprint density at radius 3 is 2.47 bits per heavy atom. The van der Waals surface area contributed by atoms with Gasteiger partial charge in [-0.15, -0.1) is 0 Å². The van der Waals surface area contributed by atoms with Crippen LogP contribution < -0.4 is 0 Å². The van der Waals surface area contributed by atoms with Crippen molar-refractivity contribution in [1.82, 2.24) is 0 Å². The zero-order valence-electron chi connectivity index (χ0n) is 10.6. The van der Waals surface area contributed by atoms with Crippen LogP contribution in [0.5, 0.6) is 0 Å². The first-order valence-electron chi connectivity index (χ1n) is 6.05. The third kappa shape index (κ3) is 3.80. The molecule has 1 aromatic rings. The molecule has 0 aromatic heterocycles. The van der Waals surface area contributed by atoms with Gasteiger partial charge >= 0.3 is 0 Å². The van der Waals surface area contributed by atoms with E-state index in [0.717, 1.165) is 11.1 Å². The van der Waals surface area contributed by atoms with E-state index in [1.807, 2.05) is 32.0 Å². The summed E-state index contributed by atoms with van der Waals surface area (Å²) in [5.74, 6) is 0.337. The maximum absolute atomic E-state index is 10.6. The summed E-state index contributed by atoms with van der Waals surface area (Å²) in [7, 11) is 0. The van der Waals surface area contributed by atoms with Gasteiger partial charge in [-0.25, -0.2) is 0 Å². The third-order valence-corrected chi connectivity index (χ3v) is 2.92. The number of hydrogen-bond donors (Lipinski definition) is 3. The third-order valence-electron chi connectivity index (χ3n) is 2.92. The van der Waals surface area contributed by atoms with Crippen molar-refractivity contribution in [2.45, 2.75) is 38.9 Å². The maximum Gasteiger partial charge on any atom is 0.0920 e.